The predicted octanol–water partition coefficient (Wildman–Crippen LogP) is 9.36. The van der Waals surface area contributed by atoms with Crippen molar-refractivity contribution in [1.82, 2.24) is 5.32 Å². The van der Waals surface area contributed by atoms with E-state index >= 15 is 0 Å². The molecule has 0 aromatic rings. The van der Waals surface area contributed by atoms with E-state index in [9.17, 15) is 14.7 Å². The summed E-state index contributed by atoms with van der Waals surface area (Å²) in [6.45, 7) is 5.55. The van der Waals surface area contributed by atoms with Crippen LogP contribution in [0, 0.1) is 0 Å². The monoisotopic (exact) mass is 525 g/mol. The van der Waals surface area contributed by atoms with Crippen molar-refractivity contribution in [2.24, 2.45) is 0 Å². The first-order chi connectivity index (χ1) is 18.1. The summed E-state index contributed by atoms with van der Waals surface area (Å²) >= 11 is 0. The first kappa shape index (κ1) is 35.9. The molecule has 5 heteroatoms. The summed E-state index contributed by atoms with van der Waals surface area (Å²) in [4.78, 5) is 23.6. The van der Waals surface area contributed by atoms with Crippen LogP contribution in [0.2, 0.25) is 0 Å². The third kappa shape index (κ3) is 27.7. The van der Waals surface area contributed by atoms with Gasteiger partial charge in [0.05, 0.1) is 13.0 Å². The number of rotatable bonds is 30. The molecule has 0 aliphatic rings. The number of hydrogen-bond acceptors (Lipinski definition) is 4. The highest BCUT2D eigenvalue weighted by molar-refractivity contribution is 5.81. The Labute approximate surface area is 230 Å². The van der Waals surface area contributed by atoms with Crippen LogP contribution < -0.4 is 5.32 Å². The molecule has 0 aromatic heterocycles. The van der Waals surface area contributed by atoms with E-state index in [1.165, 1.54) is 128 Å². The van der Waals surface area contributed by atoms with Crippen molar-refractivity contribution in [2.45, 2.75) is 180 Å². The molecule has 2 N–H and O–H groups in total. The second-order valence-electron chi connectivity index (χ2n) is 11.0. The quantitative estimate of drug-likeness (QED) is 0.0721. The molecule has 0 amide bonds. The first-order valence-electron chi connectivity index (χ1n) is 16.2. The van der Waals surface area contributed by atoms with Crippen LogP contribution in [-0.2, 0) is 14.3 Å². The van der Waals surface area contributed by atoms with Crippen molar-refractivity contribution >= 4 is 11.9 Å². The third-order valence-corrected chi connectivity index (χ3v) is 7.35. The van der Waals surface area contributed by atoms with E-state index in [0.29, 0.717) is 13.2 Å². The molecule has 0 spiro atoms. The Balaban J connectivity index is 3.54. The van der Waals surface area contributed by atoms with Gasteiger partial charge in [-0.1, -0.05) is 155 Å². The van der Waals surface area contributed by atoms with Crippen LogP contribution in [0.25, 0.3) is 0 Å². The van der Waals surface area contributed by atoms with Crippen LogP contribution in [0.3, 0.4) is 0 Å². The lowest BCUT2D eigenvalue weighted by molar-refractivity contribution is -0.149. The minimum Gasteiger partial charge on any atom is -0.480 e. The van der Waals surface area contributed by atoms with Crippen molar-refractivity contribution in [3.8, 4) is 0 Å². The zero-order valence-corrected chi connectivity index (χ0v) is 24.8. The Kier molecular flexibility index (Phi) is 28.6. The summed E-state index contributed by atoms with van der Waals surface area (Å²) in [5.74, 6) is -1.38. The van der Waals surface area contributed by atoms with Gasteiger partial charge in [-0.25, -0.2) is 0 Å². The summed E-state index contributed by atoms with van der Waals surface area (Å²) in [5, 5.41) is 12.5. The molecule has 0 bridgehead atoms. The van der Waals surface area contributed by atoms with E-state index < -0.39 is 18.0 Å². The fraction of sp³-hybridized carbons (Fsp3) is 0.938. The number of hydrogen-bond donors (Lipinski definition) is 2. The summed E-state index contributed by atoms with van der Waals surface area (Å²) in [6.07, 6.45) is 30.5. The number of carboxylic acid groups (broad SMARTS) is 1. The SMILES string of the molecule is CCCCCCCCCCCCCCCCN[C@@H](CC(=O)OCCCCCCCCCCCC)C(=O)O. The first-order valence-corrected chi connectivity index (χ1v) is 16.2. The van der Waals surface area contributed by atoms with Gasteiger partial charge < -0.3 is 15.2 Å². The summed E-state index contributed by atoms with van der Waals surface area (Å²) < 4.78 is 5.28. The number of carbonyl (C=O) groups is 2. The van der Waals surface area contributed by atoms with E-state index in [4.69, 9.17) is 4.74 Å². The molecule has 0 heterocycles. The lowest BCUT2D eigenvalue weighted by Gasteiger charge is -2.14. The van der Waals surface area contributed by atoms with Crippen molar-refractivity contribution in [3.63, 3.8) is 0 Å². The molecule has 0 saturated carbocycles. The lowest BCUT2D eigenvalue weighted by atomic mass is 10.0. The fourth-order valence-electron chi connectivity index (χ4n) is 4.84. The van der Waals surface area contributed by atoms with Crippen molar-refractivity contribution in [1.29, 1.82) is 0 Å². The number of aliphatic carboxylic acids is 1. The largest absolute Gasteiger partial charge is 0.480 e. The fourth-order valence-corrected chi connectivity index (χ4v) is 4.84. The number of carboxylic acids is 1. The van der Waals surface area contributed by atoms with Gasteiger partial charge in [-0.15, -0.1) is 0 Å². The molecule has 0 aliphatic carbocycles. The number of carbonyl (C=O) groups excluding carboxylic acids is 1. The molecule has 0 fully saturated rings. The normalized spacial score (nSPS) is 12.1. The zero-order chi connectivity index (χ0) is 27.2. The molecular weight excluding hydrogens is 462 g/mol. The van der Waals surface area contributed by atoms with Crippen LogP contribution in [-0.4, -0.2) is 36.2 Å². The van der Waals surface area contributed by atoms with Gasteiger partial charge >= 0.3 is 11.9 Å². The molecule has 0 saturated heterocycles. The number of nitrogens with one attached hydrogen (secondary N) is 1. The van der Waals surface area contributed by atoms with E-state index in [-0.39, 0.29) is 6.42 Å². The Hall–Kier alpha value is -1.10. The maximum absolute atomic E-state index is 12.1. The van der Waals surface area contributed by atoms with Gasteiger partial charge in [0.25, 0.3) is 0 Å². The van der Waals surface area contributed by atoms with E-state index in [1.54, 1.807) is 0 Å². The molecule has 37 heavy (non-hydrogen) atoms. The van der Waals surface area contributed by atoms with Gasteiger partial charge in [0.1, 0.15) is 6.04 Å². The smallest absolute Gasteiger partial charge is 0.321 e. The van der Waals surface area contributed by atoms with Gasteiger partial charge in [0.2, 0.25) is 0 Å². The lowest BCUT2D eigenvalue weighted by Crippen LogP contribution is -2.39. The van der Waals surface area contributed by atoms with Gasteiger partial charge in [-0.2, -0.15) is 0 Å². The Morgan fingerprint density at radius 1 is 0.568 bits per heavy atom. The third-order valence-electron chi connectivity index (χ3n) is 7.35. The Bertz CT molecular complexity index is 497. The van der Waals surface area contributed by atoms with E-state index in [2.05, 4.69) is 19.2 Å². The predicted molar refractivity (Wildman–Crippen MR) is 157 cm³/mol. The topological polar surface area (TPSA) is 75.6 Å². The van der Waals surface area contributed by atoms with Crippen LogP contribution >= 0.6 is 0 Å². The second-order valence-corrected chi connectivity index (χ2v) is 11.0. The van der Waals surface area contributed by atoms with Gasteiger partial charge in [0, 0.05) is 0 Å². The highest BCUT2D eigenvalue weighted by Gasteiger charge is 2.21. The average molecular weight is 526 g/mol. The van der Waals surface area contributed by atoms with Crippen LogP contribution in [0.15, 0.2) is 0 Å². The molecule has 220 valence electrons. The van der Waals surface area contributed by atoms with Gasteiger partial charge in [-0.05, 0) is 19.4 Å². The van der Waals surface area contributed by atoms with Crippen molar-refractivity contribution < 1.29 is 19.4 Å². The van der Waals surface area contributed by atoms with Crippen LogP contribution in [0.1, 0.15) is 174 Å². The summed E-state index contributed by atoms with van der Waals surface area (Å²) in [7, 11) is 0. The van der Waals surface area contributed by atoms with Crippen molar-refractivity contribution in [2.75, 3.05) is 13.2 Å². The van der Waals surface area contributed by atoms with Gasteiger partial charge in [-0.3, -0.25) is 9.59 Å². The van der Waals surface area contributed by atoms with Crippen molar-refractivity contribution in [3.05, 3.63) is 0 Å². The maximum atomic E-state index is 12.1. The minimum absolute atomic E-state index is 0.0916. The zero-order valence-electron chi connectivity index (χ0n) is 24.8. The molecule has 0 unspecified atom stereocenters. The molecule has 5 nitrogen and oxygen atoms in total. The molecule has 0 aliphatic heterocycles. The average Bonchev–Trinajstić information content (AvgIpc) is 2.88. The highest BCUT2D eigenvalue weighted by atomic mass is 16.5. The summed E-state index contributed by atoms with van der Waals surface area (Å²) in [6, 6.07) is -0.845. The standard InChI is InChI=1S/C32H63NO4/c1-3-5-7-9-11-13-15-16-17-18-19-21-23-25-27-33-30(32(35)36)29-31(34)37-28-26-24-22-20-14-12-10-8-6-4-2/h30,33H,3-29H2,1-2H3,(H,35,36)/t30-/m0/s1. The number of ether oxygens (including phenoxy) is 1. The Morgan fingerprint density at radius 2 is 0.919 bits per heavy atom. The molecule has 1 atom stereocenters. The second kappa shape index (κ2) is 29.5. The minimum atomic E-state index is -0.971. The van der Waals surface area contributed by atoms with Crippen LogP contribution in [0.5, 0.6) is 0 Å². The van der Waals surface area contributed by atoms with Gasteiger partial charge in [0.15, 0.2) is 0 Å². The highest BCUT2D eigenvalue weighted by Crippen LogP contribution is 2.13. The van der Waals surface area contributed by atoms with Crippen LogP contribution in [0.4, 0.5) is 0 Å². The molecule has 0 rings (SSSR count). The summed E-state index contributed by atoms with van der Waals surface area (Å²) in [5.41, 5.74) is 0. The number of esters is 1. The maximum Gasteiger partial charge on any atom is 0.321 e. The molecule has 0 radical (unpaired) electrons. The van der Waals surface area contributed by atoms with E-state index in [0.717, 1.165) is 25.7 Å². The Morgan fingerprint density at radius 3 is 1.30 bits per heavy atom. The van der Waals surface area contributed by atoms with E-state index in [1.807, 2.05) is 0 Å². The molecular formula is C32H63NO4. The molecule has 0 aromatic carbocycles. The number of unbranched alkanes of at least 4 members (excludes halogenated alkanes) is 22.